The van der Waals surface area contributed by atoms with Gasteiger partial charge in [0.15, 0.2) is 6.21 Å². The van der Waals surface area contributed by atoms with Crippen LogP contribution in [0.2, 0.25) is 0 Å². The molecule has 2 heterocycles. The second-order valence-electron chi connectivity index (χ2n) is 9.05. The van der Waals surface area contributed by atoms with Gasteiger partial charge in [-0.1, -0.05) is 30.3 Å². The normalized spacial score (nSPS) is 17.5. The highest BCUT2D eigenvalue weighted by atomic mass is 16.5. The lowest BCUT2D eigenvalue weighted by atomic mass is 9.81. The van der Waals surface area contributed by atoms with E-state index in [9.17, 15) is 15.0 Å². The number of benzene rings is 3. The van der Waals surface area contributed by atoms with Crippen LogP contribution in [-0.4, -0.2) is 34.0 Å². The highest BCUT2D eigenvalue weighted by Gasteiger charge is 2.32. The molecule has 35 heavy (non-hydrogen) atoms. The van der Waals surface area contributed by atoms with Gasteiger partial charge >= 0.3 is 5.97 Å². The number of phenolic OH excluding ortho intramolecular Hbond substituents is 1. The number of allylic oxidation sites excluding steroid dienone is 4. The van der Waals surface area contributed by atoms with Gasteiger partial charge in [-0.25, -0.2) is 9.37 Å². The highest BCUT2D eigenvalue weighted by molar-refractivity contribution is 6.13. The number of rotatable bonds is 3. The number of nitrogens with zero attached hydrogens (tertiary/aromatic N) is 1. The molecule has 0 radical (unpaired) electrons. The fourth-order valence-corrected chi connectivity index (χ4v) is 5.33. The summed E-state index contributed by atoms with van der Waals surface area (Å²) in [6.07, 6.45) is 6.88. The molecular formula is C30H24NO4+. The van der Waals surface area contributed by atoms with Crippen LogP contribution in [0, 0.1) is 0 Å². The summed E-state index contributed by atoms with van der Waals surface area (Å²) in [6, 6.07) is 20.4. The molecule has 3 aromatic rings. The molecule has 0 atom stereocenters. The average molecular weight is 463 g/mol. The molecule has 0 saturated heterocycles. The van der Waals surface area contributed by atoms with Crippen molar-refractivity contribution >= 4 is 29.0 Å². The van der Waals surface area contributed by atoms with Crippen LogP contribution < -0.4 is 4.74 Å². The van der Waals surface area contributed by atoms with E-state index in [0.29, 0.717) is 11.3 Å². The molecule has 0 saturated carbocycles. The summed E-state index contributed by atoms with van der Waals surface area (Å²) < 4.78 is 8.57. The summed E-state index contributed by atoms with van der Waals surface area (Å²) in [5.41, 5.74) is 8.09. The van der Waals surface area contributed by atoms with E-state index in [1.54, 1.807) is 24.3 Å². The highest BCUT2D eigenvalue weighted by Crippen LogP contribution is 2.48. The predicted molar refractivity (Wildman–Crippen MR) is 135 cm³/mol. The van der Waals surface area contributed by atoms with Crippen molar-refractivity contribution in [2.45, 2.75) is 19.3 Å². The fourth-order valence-electron chi connectivity index (χ4n) is 5.33. The van der Waals surface area contributed by atoms with Crippen molar-refractivity contribution < 1.29 is 24.3 Å². The molecule has 0 unspecified atom stereocenters. The Hall–Kier alpha value is -4.38. The first-order valence-electron chi connectivity index (χ1n) is 11.7. The number of phenols is 1. The molecule has 172 valence electrons. The maximum atomic E-state index is 12.1. The van der Waals surface area contributed by atoms with E-state index in [4.69, 9.17) is 4.74 Å². The first-order chi connectivity index (χ1) is 17.0. The van der Waals surface area contributed by atoms with Crippen molar-refractivity contribution in [1.82, 2.24) is 0 Å². The zero-order valence-electron chi connectivity index (χ0n) is 19.3. The molecule has 0 amide bonds. The lowest BCUT2D eigenvalue weighted by Crippen LogP contribution is -2.17. The first-order valence-corrected chi connectivity index (χ1v) is 11.7. The predicted octanol–water partition coefficient (Wildman–Crippen LogP) is 6.16. The monoisotopic (exact) mass is 462 g/mol. The van der Waals surface area contributed by atoms with Crippen molar-refractivity contribution in [2.75, 3.05) is 7.05 Å². The van der Waals surface area contributed by atoms with E-state index in [0.717, 1.165) is 58.6 Å². The third-order valence-corrected chi connectivity index (χ3v) is 6.87. The minimum absolute atomic E-state index is 0.106. The van der Waals surface area contributed by atoms with Gasteiger partial charge in [0.05, 0.1) is 16.7 Å². The SMILES string of the molecule is C[N+]1=CC(=CC2=C3Oc4cc(O)ccc4C(c4ccccc4C(=O)O)=C3CCC2)c2ccccc21. The smallest absolute Gasteiger partial charge is 0.336 e. The Kier molecular flexibility index (Phi) is 4.92. The van der Waals surface area contributed by atoms with Crippen LogP contribution in [0.25, 0.3) is 11.1 Å². The number of para-hydroxylation sites is 1. The Balaban J connectivity index is 1.61. The Morgan fingerprint density at radius 1 is 0.971 bits per heavy atom. The van der Waals surface area contributed by atoms with Gasteiger partial charge in [0, 0.05) is 28.8 Å². The number of aromatic carboxylic acids is 1. The third-order valence-electron chi connectivity index (χ3n) is 6.87. The number of hydrogen-bond donors (Lipinski definition) is 2. The van der Waals surface area contributed by atoms with Crippen LogP contribution in [0.3, 0.4) is 0 Å². The van der Waals surface area contributed by atoms with Crippen molar-refractivity contribution in [3.63, 3.8) is 0 Å². The van der Waals surface area contributed by atoms with E-state index < -0.39 is 5.97 Å². The van der Waals surface area contributed by atoms with Crippen LogP contribution in [0.5, 0.6) is 11.5 Å². The van der Waals surface area contributed by atoms with Crippen molar-refractivity contribution in [2.24, 2.45) is 0 Å². The van der Waals surface area contributed by atoms with E-state index >= 15 is 0 Å². The molecule has 0 spiro atoms. The number of carboxylic acids is 1. The zero-order chi connectivity index (χ0) is 24.1. The summed E-state index contributed by atoms with van der Waals surface area (Å²) in [5.74, 6) is 0.431. The number of hydrogen-bond acceptors (Lipinski definition) is 3. The average Bonchev–Trinajstić information content (AvgIpc) is 3.18. The van der Waals surface area contributed by atoms with Gasteiger partial charge in [-0.15, -0.1) is 0 Å². The molecule has 2 aliphatic heterocycles. The Morgan fingerprint density at radius 3 is 2.57 bits per heavy atom. The topological polar surface area (TPSA) is 69.8 Å². The van der Waals surface area contributed by atoms with Gasteiger partial charge in [0.25, 0.3) is 0 Å². The van der Waals surface area contributed by atoms with Gasteiger partial charge in [-0.3, -0.25) is 0 Å². The number of carboxylic acid groups (broad SMARTS) is 1. The van der Waals surface area contributed by atoms with Gasteiger partial charge in [-0.05, 0) is 60.7 Å². The molecule has 0 fully saturated rings. The summed E-state index contributed by atoms with van der Waals surface area (Å²) >= 11 is 0. The Bertz CT molecular complexity index is 1540. The molecule has 3 aliphatic rings. The Morgan fingerprint density at radius 2 is 1.74 bits per heavy atom. The maximum absolute atomic E-state index is 12.1. The van der Waals surface area contributed by atoms with Crippen LogP contribution in [0.1, 0.15) is 46.3 Å². The van der Waals surface area contributed by atoms with E-state index in [2.05, 4.69) is 29.0 Å². The lowest BCUT2D eigenvalue weighted by molar-refractivity contribution is -0.395. The van der Waals surface area contributed by atoms with Crippen molar-refractivity contribution in [3.8, 4) is 11.5 Å². The van der Waals surface area contributed by atoms with Gasteiger partial charge in [-0.2, -0.15) is 0 Å². The number of carbonyl (C=O) groups is 1. The molecule has 5 nitrogen and oxygen atoms in total. The molecule has 0 aromatic heterocycles. The minimum Gasteiger partial charge on any atom is -0.508 e. The summed E-state index contributed by atoms with van der Waals surface area (Å²) in [5, 5.41) is 20.1. The number of aromatic hydroxyl groups is 1. The third kappa shape index (κ3) is 3.48. The molecule has 1 aliphatic carbocycles. The number of ether oxygens (including phenoxy) is 1. The van der Waals surface area contributed by atoms with Crippen LogP contribution in [0.15, 0.2) is 89.7 Å². The zero-order valence-corrected chi connectivity index (χ0v) is 19.3. The summed E-state index contributed by atoms with van der Waals surface area (Å²) in [4.78, 5) is 12.1. The lowest BCUT2D eigenvalue weighted by Gasteiger charge is -2.31. The van der Waals surface area contributed by atoms with Crippen LogP contribution in [0.4, 0.5) is 5.69 Å². The molecule has 5 heteroatoms. The largest absolute Gasteiger partial charge is 0.508 e. The molecule has 0 bridgehead atoms. The van der Waals surface area contributed by atoms with Gasteiger partial charge in [0.1, 0.15) is 24.3 Å². The summed E-state index contributed by atoms with van der Waals surface area (Å²) in [6.45, 7) is 0. The first kappa shape index (κ1) is 21.2. The van der Waals surface area contributed by atoms with E-state index in [1.807, 2.05) is 37.4 Å². The fraction of sp³-hybridized carbons (Fsp3) is 0.133. The van der Waals surface area contributed by atoms with Crippen molar-refractivity contribution in [1.29, 1.82) is 0 Å². The van der Waals surface area contributed by atoms with Crippen LogP contribution in [-0.2, 0) is 0 Å². The second-order valence-corrected chi connectivity index (χ2v) is 9.05. The quantitative estimate of drug-likeness (QED) is 0.457. The second kappa shape index (κ2) is 8.13. The molecular weight excluding hydrogens is 438 g/mol. The minimum atomic E-state index is -0.968. The summed E-state index contributed by atoms with van der Waals surface area (Å²) in [7, 11) is 2.04. The van der Waals surface area contributed by atoms with Crippen LogP contribution >= 0.6 is 0 Å². The van der Waals surface area contributed by atoms with Crippen molar-refractivity contribution in [3.05, 3.63) is 112 Å². The number of fused-ring (bicyclic) bond motifs is 3. The Labute approximate surface area is 203 Å². The molecule has 6 rings (SSSR count). The van der Waals surface area contributed by atoms with Gasteiger partial charge in [0.2, 0.25) is 5.69 Å². The molecule has 2 N–H and O–H groups in total. The van der Waals surface area contributed by atoms with E-state index in [1.165, 1.54) is 5.56 Å². The van der Waals surface area contributed by atoms with Gasteiger partial charge < -0.3 is 14.9 Å². The standard InChI is InChI=1S/C30H23NO4/c1-31-17-19(21-8-4-5-12-26(21)31)15-18-7-6-11-25-28(22-9-2-3-10-23(22)30(33)34)24-14-13-20(32)16-27(24)35-29(18)25/h2-5,8-10,12-17H,6-7,11H2,1H3,(H,33,34)/p+1. The maximum Gasteiger partial charge on any atom is 0.336 e. The molecule has 3 aromatic carbocycles. The van der Waals surface area contributed by atoms with E-state index in [-0.39, 0.29) is 11.3 Å².